The maximum absolute atomic E-state index is 13.7. The van der Waals surface area contributed by atoms with Crippen molar-refractivity contribution in [3.63, 3.8) is 0 Å². The van der Waals surface area contributed by atoms with Gasteiger partial charge >= 0.3 is 5.97 Å². The summed E-state index contributed by atoms with van der Waals surface area (Å²) in [6, 6.07) is 23.3. The second kappa shape index (κ2) is 7.03. The minimum Gasteiger partial charge on any atom is -0.478 e. The third-order valence-corrected chi connectivity index (χ3v) is 7.04. The van der Waals surface area contributed by atoms with Crippen LogP contribution in [-0.2, 0) is 16.8 Å². The fraction of sp³-hybridized carbons (Fsp3) is 0.200. The SMILES string of the molecule is CSc1ccc([C@@H]2C[C@]23C(=O)N(Cc2cccc(C(=O)O)c2)c2ccccc23)cc1. The quantitative estimate of drug-likeness (QED) is 0.591. The van der Waals surface area contributed by atoms with Gasteiger partial charge in [-0.2, -0.15) is 0 Å². The van der Waals surface area contributed by atoms with Crippen molar-refractivity contribution in [3.05, 3.63) is 95.1 Å². The predicted octanol–water partition coefficient (Wildman–Crippen LogP) is 5.08. The number of rotatable bonds is 5. The van der Waals surface area contributed by atoms with E-state index in [2.05, 4.69) is 36.6 Å². The molecule has 150 valence electrons. The zero-order valence-corrected chi connectivity index (χ0v) is 17.4. The van der Waals surface area contributed by atoms with E-state index in [1.807, 2.05) is 29.2 Å². The van der Waals surface area contributed by atoms with Gasteiger partial charge in [-0.3, -0.25) is 4.79 Å². The highest BCUT2D eigenvalue weighted by Crippen LogP contribution is 2.66. The number of thioether (sulfide) groups is 1. The number of para-hydroxylation sites is 1. The Morgan fingerprint density at radius 3 is 2.60 bits per heavy atom. The summed E-state index contributed by atoms with van der Waals surface area (Å²) in [5.74, 6) is -0.668. The van der Waals surface area contributed by atoms with Gasteiger partial charge in [0.25, 0.3) is 0 Å². The maximum Gasteiger partial charge on any atom is 0.335 e. The average molecular weight is 416 g/mol. The first kappa shape index (κ1) is 18.9. The molecule has 1 amide bonds. The normalized spacial score (nSPS) is 21.7. The fourth-order valence-electron chi connectivity index (χ4n) is 4.73. The highest BCUT2D eigenvalue weighted by molar-refractivity contribution is 7.98. The van der Waals surface area contributed by atoms with Crippen molar-refractivity contribution in [2.45, 2.75) is 29.2 Å². The Bertz CT molecular complexity index is 1160. The molecule has 30 heavy (non-hydrogen) atoms. The number of hydrogen-bond acceptors (Lipinski definition) is 3. The molecule has 1 aliphatic carbocycles. The summed E-state index contributed by atoms with van der Waals surface area (Å²) < 4.78 is 0. The van der Waals surface area contributed by atoms with Crippen LogP contribution in [0.3, 0.4) is 0 Å². The molecule has 1 heterocycles. The molecule has 1 N–H and O–H groups in total. The molecule has 5 heteroatoms. The van der Waals surface area contributed by atoms with Gasteiger partial charge in [-0.05, 0) is 59.7 Å². The third kappa shape index (κ3) is 2.84. The Hall–Kier alpha value is -3.05. The Morgan fingerprint density at radius 1 is 1.10 bits per heavy atom. The number of benzene rings is 3. The summed E-state index contributed by atoms with van der Waals surface area (Å²) in [6.07, 6.45) is 2.87. The first-order chi connectivity index (χ1) is 14.5. The summed E-state index contributed by atoms with van der Waals surface area (Å²) >= 11 is 1.71. The summed E-state index contributed by atoms with van der Waals surface area (Å²) in [7, 11) is 0. The van der Waals surface area contributed by atoms with E-state index in [4.69, 9.17) is 0 Å². The lowest BCUT2D eigenvalue weighted by Crippen LogP contribution is -2.32. The molecule has 3 aromatic carbocycles. The van der Waals surface area contributed by atoms with E-state index in [9.17, 15) is 14.7 Å². The highest BCUT2D eigenvalue weighted by Gasteiger charge is 2.66. The fourth-order valence-corrected chi connectivity index (χ4v) is 5.14. The molecule has 2 atom stereocenters. The van der Waals surface area contributed by atoms with Crippen LogP contribution in [0, 0.1) is 0 Å². The Morgan fingerprint density at radius 2 is 1.87 bits per heavy atom. The molecular formula is C25H21NO3S. The summed E-state index contributed by atoms with van der Waals surface area (Å²) in [5, 5.41) is 9.29. The van der Waals surface area contributed by atoms with Crippen molar-refractivity contribution in [2.75, 3.05) is 11.2 Å². The van der Waals surface area contributed by atoms with Crippen molar-refractivity contribution >= 4 is 29.3 Å². The summed E-state index contributed by atoms with van der Waals surface area (Å²) in [4.78, 5) is 28.1. The lowest BCUT2D eigenvalue weighted by Gasteiger charge is -2.19. The van der Waals surface area contributed by atoms with Crippen LogP contribution in [0.15, 0.2) is 77.7 Å². The van der Waals surface area contributed by atoms with Crippen LogP contribution in [0.1, 0.15) is 39.4 Å². The predicted molar refractivity (Wildman–Crippen MR) is 118 cm³/mol. The molecule has 0 radical (unpaired) electrons. The lowest BCUT2D eigenvalue weighted by molar-refractivity contribution is -0.120. The van der Waals surface area contributed by atoms with Gasteiger partial charge in [-0.25, -0.2) is 4.79 Å². The lowest BCUT2D eigenvalue weighted by atomic mass is 9.92. The van der Waals surface area contributed by atoms with Crippen LogP contribution >= 0.6 is 11.8 Å². The number of aromatic carboxylic acids is 1. The second-order valence-electron chi connectivity index (χ2n) is 7.92. The number of hydrogen-bond donors (Lipinski definition) is 1. The number of anilines is 1. The molecule has 1 aliphatic heterocycles. The van der Waals surface area contributed by atoms with Crippen LogP contribution in [-0.4, -0.2) is 23.2 Å². The number of fused-ring (bicyclic) bond motifs is 2. The van der Waals surface area contributed by atoms with Crippen molar-refractivity contribution in [3.8, 4) is 0 Å². The van der Waals surface area contributed by atoms with E-state index >= 15 is 0 Å². The van der Waals surface area contributed by atoms with Gasteiger partial charge in [0, 0.05) is 16.5 Å². The Kier molecular flexibility index (Phi) is 4.44. The van der Waals surface area contributed by atoms with E-state index in [1.165, 1.54) is 10.5 Å². The van der Waals surface area contributed by atoms with Crippen LogP contribution in [0.5, 0.6) is 0 Å². The van der Waals surface area contributed by atoms with Crippen molar-refractivity contribution in [2.24, 2.45) is 0 Å². The molecule has 1 spiro atoms. The Balaban J connectivity index is 1.49. The number of nitrogens with zero attached hydrogens (tertiary/aromatic N) is 1. The molecule has 1 saturated carbocycles. The number of carboxylic acid groups (broad SMARTS) is 1. The molecule has 2 aliphatic rings. The summed E-state index contributed by atoms with van der Waals surface area (Å²) in [6.45, 7) is 0.372. The van der Waals surface area contributed by atoms with Gasteiger partial charge in [0.2, 0.25) is 5.91 Å². The van der Waals surface area contributed by atoms with E-state index in [1.54, 1.807) is 30.0 Å². The van der Waals surface area contributed by atoms with E-state index in [0.29, 0.717) is 6.54 Å². The van der Waals surface area contributed by atoms with Crippen molar-refractivity contribution in [1.82, 2.24) is 0 Å². The zero-order valence-electron chi connectivity index (χ0n) is 16.5. The van der Waals surface area contributed by atoms with Crippen LogP contribution in [0.25, 0.3) is 0 Å². The number of carbonyl (C=O) groups is 2. The molecule has 0 unspecified atom stereocenters. The highest BCUT2D eigenvalue weighted by atomic mass is 32.2. The zero-order chi connectivity index (χ0) is 20.9. The molecule has 0 saturated heterocycles. The topological polar surface area (TPSA) is 57.6 Å². The molecular weight excluding hydrogens is 394 g/mol. The minimum absolute atomic E-state index is 0.114. The van der Waals surface area contributed by atoms with Crippen LogP contribution in [0.2, 0.25) is 0 Å². The van der Waals surface area contributed by atoms with Gasteiger partial charge in [0.1, 0.15) is 0 Å². The molecule has 0 bridgehead atoms. The number of carbonyl (C=O) groups excluding carboxylic acids is 1. The molecule has 0 aromatic heterocycles. The molecule has 1 fully saturated rings. The van der Waals surface area contributed by atoms with Gasteiger partial charge in [0.05, 0.1) is 17.5 Å². The van der Waals surface area contributed by atoms with E-state index in [0.717, 1.165) is 23.2 Å². The van der Waals surface area contributed by atoms with Gasteiger partial charge in [0.15, 0.2) is 0 Å². The standard InChI is InChI=1S/C25H21NO3S/c1-30-19-11-9-17(10-12-19)21-14-25(21)20-7-2-3-8-22(20)26(24(25)29)15-16-5-4-6-18(13-16)23(27)28/h2-13,21H,14-15H2,1H3,(H,27,28)/t21-,25+/m0/s1. The van der Waals surface area contributed by atoms with E-state index < -0.39 is 11.4 Å². The van der Waals surface area contributed by atoms with Crippen LogP contribution in [0.4, 0.5) is 5.69 Å². The molecule has 3 aromatic rings. The molecule has 5 rings (SSSR count). The first-order valence-electron chi connectivity index (χ1n) is 9.92. The largest absolute Gasteiger partial charge is 0.478 e. The average Bonchev–Trinajstić information content (AvgIpc) is 3.49. The van der Waals surface area contributed by atoms with Crippen molar-refractivity contribution in [1.29, 1.82) is 0 Å². The van der Waals surface area contributed by atoms with Crippen LogP contribution < -0.4 is 4.90 Å². The van der Waals surface area contributed by atoms with Gasteiger partial charge in [-0.1, -0.05) is 42.5 Å². The smallest absolute Gasteiger partial charge is 0.335 e. The second-order valence-corrected chi connectivity index (χ2v) is 8.79. The maximum atomic E-state index is 13.7. The monoisotopic (exact) mass is 415 g/mol. The molecule has 4 nitrogen and oxygen atoms in total. The van der Waals surface area contributed by atoms with Crippen molar-refractivity contribution < 1.29 is 14.7 Å². The van der Waals surface area contributed by atoms with E-state index in [-0.39, 0.29) is 17.4 Å². The van der Waals surface area contributed by atoms with Gasteiger partial charge in [-0.15, -0.1) is 11.8 Å². The Labute approximate surface area is 179 Å². The summed E-state index contributed by atoms with van der Waals surface area (Å²) in [5.41, 5.74) is 3.78. The minimum atomic E-state index is -0.961. The third-order valence-electron chi connectivity index (χ3n) is 6.30. The first-order valence-corrected chi connectivity index (χ1v) is 11.1. The number of amides is 1. The number of carboxylic acids is 1. The van der Waals surface area contributed by atoms with Gasteiger partial charge < -0.3 is 10.0 Å².